The molecule has 0 aliphatic carbocycles. The molecule has 132 valence electrons. The highest BCUT2D eigenvalue weighted by Gasteiger charge is 2.18. The summed E-state index contributed by atoms with van der Waals surface area (Å²) < 4.78 is 5.79. The fourth-order valence-electron chi connectivity index (χ4n) is 1.82. The van der Waals surface area contributed by atoms with Crippen molar-refractivity contribution in [3.8, 4) is 0 Å². The van der Waals surface area contributed by atoms with Gasteiger partial charge in [-0.1, -0.05) is 36.7 Å². The Balaban J connectivity index is 2.33. The molecule has 0 unspecified atom stereocenters. The van der Waals surface area contributed by atoms with E-state index in [1.165, 1.54) is 0 Å². The SMILES string of the molecule is Cc1cc(Br)ccc1NC(=O)CNC(=O)COC(=O)CC(C)(C)C. The molecule has 1 rings (SSSR count). The lowest BCUT2D eigenvalue weighted by Gasteiger charge is -2.16. The molecule has 0 radical (unpaired) electrons. The zero-order valence-corrected chi connectivity index (χ0v) is 16.0. The minimum absolute atomic E-state index is 0.189. The van der Waals surface area contributed by atoms with Gasteiger partial charge in [-0.05, 0) is 36.1 Å². The molecule has 0 aliphatic heterocycles. The summed E-state index contributed by atoms with van der Waals surface area (Å²) in [6.45, 7) is 7.01. The van der Waals surface area contributed by atoms with Gasteiger partial charge in [-0.15, -0.1) is 0 Å². The first-order valence-corrected chi connectivity index (χ1v) is 8.34. The molecular formula is C17H23BrN2O4. The molecule has 1 aromatic rings. The van der Waals surface area contributed by atoms with Gasteiger partial charge < -0.3 is 15.4 Å². The van der Waals surface area contributed by atoms with Crippen molar-refractivity contribution in [3.05, 3.63) is 28.2 Å². The number of aryl methyl sites for hydroxylation is 1. The Morgan fingerprint density at radius 2 is 1.83 bits per heavy atom. The molecule has 0 fully saturated rings. The fraction of sp³-hybridized carbons (Fsp3) is 0.471. The molecule has 0 bridgehead atoms. The number of rotatable bonds is 6. The number of anilines is 1. The van der Waals surface area contributed by atoms with Crippen molar-refractivity contribution in [1.82, 2.24) is 5.32 Å². The maximum Gasteiger partial charge on any atom is 0.306 e. The Bertz CT molecular complexity index is 624. The van der Waals surface area contributed by atoms with Gasteiger partial charge in [0.25, 0.3) is 5.91 Å². The minimum Gasteiger partial charge on any atom is -0.456 e. The summed E-state index contributed by atoms with van der Waals surface area (Å²) in [6.07, 6.45) is 0.226. The second kappa shape index (κ2) is 8.82. The normalized spacial score (nSPS) is 10.9. The Hall–Kier alpha value is -1.89. The minimum atomic E-state index is -0.514. The fourth-order valence-corrected chi connectivity index (χ4v) is 2.30. The number of ether oxygens (including phenoxy) is 1. The van der Waals surface area contributed by atoms with Crippen LogP contribution in [0.3, 0.4) is 0 Å². The average molecular weight is 399 g/mol. The zero-order chi connectivity index (χ0) is 18.3. The highest BCUT2D eigenvalue weighted by atomic mass is 79.9. The molecule has 24 heavy (non-hydrogen) atoms. The van der Waals surface area contributed by atoms with Gasteiger partial charge in [-0.2, -0.15) is 0 Å². The van der Waals surface area contributed by atoms with Crippen molar-refractivity contribution in [1.29, 1.82) is 0 Å². The average Bonchev–Trinajstić information content (AvgIpc) is 2.44. The third-order valence-electron chi connectivity index (χ3n) is 2.95. The summed E-state index contributed by atoms with van der Waals surface area (Å²) in [4.78, 5) is 35.0. The monoisotopic (exact) mass is 398 g/mol. The van der Waals surface area contributed by atoms with Crippen LogP contribution in [0.5, 0.6) is 0 Å². The van der Waals surface area contributed by atoms with Crippen molar-refractivity contribution >= 4 is 39.4 Å². The van der Waals surface area contributed by atoms with E-state index >= 15 is 0 Å². The Labute approximate surface area is 150 Å². The molecule has 7 heteroatoms. The van der Waals surface area contributed by atoms with E-state index in [1.54, 1.807) is 6.07 Å². The molecule has 0 saturated heterocycles. The molecule has 0 saturated carbocycles. The predicted octanol–water partition coefficient (Wildman–Crippen LogP) is 2.79. The van der Waals surface area contributed by atoms with Gasteiger partial charge >= 0.3 is 5.97 Å². The van der Waals surface area contributed by atoms with Gasteiger partial charge in [-0.3, -0.25) is 14.4 Å². The molecule has 0 aliphatic rings. The van der Waals surface area contributed by atoms with Crippen LogP contribution in [-0.2, 0) is 19.1 Å². The van der Waals surface area contributed by atoms with Gasteiger partial charge in [0.15, 0.2) is 6.61 Å². The number of carbonyl (C=O) groups is 3. The van der Waals surface area contributed by atoms with Crippen LogP contribution in [0.1, 0.15) is 32.8 Å². The quantitative estimate of drug-likeness (QED) is 0.721. The van der Waals surface area contributed by atoms with Crippen molar-refractivity contribution in [2.24, 2.45) is 5.41 Å². The number of halogens is 1. The zero-order valence-electron chi connectivity index (χ0n) is 14.4. The van der Waals surface area contributed by atoms with Crippen LogP contribution in [0.2, 0.25) is 0 Å². The lowest BCUT2D eigenvalue weighted by molar-refractivity contribution is -0.150. The van der Waals surface area contributed by atoms with E-state index < -0.39 is 11.9 Å². The number of hydrogen-bond donors (Lipinski definition) is 2. The van der Waals surface area contributed by atoms with Gasteiger partial charge in [0.1, 0.15) is 0 Å². The summed E-state index contributed by atoms with van der Waals surface area (Å²) in [5.74, 6) is -1.30. The second-order valence-electron chi connectivity index (χ2n) is 6.68. The Morgan fingerprint density at radius 1 is 1.17 bits per heavy atom. The Kier molecular flexibility index (Phi) is 7.41. The summed E-state index contributed by atoms with van der Waals surface area (Å²) >= 11 is 3.35. The van der Waals surface area contributed by atoms with Crippen molar-refractivity contribution < 1.29 is 19.1 Å². The van der Waals surface area contributed by atoms with Crippen LogP contribution in [0, 0.1) is 12.3 Å². The first-order valence-electron chi connectivity index (χ1n) is 7.55. The number of nitrogens with one attached hydrogen (secondary N) is 2. The van der Waals surface area contributed by atoms with Gasteiger partial charge in [-0.25, -0.2) is 0 Å². The van der Waals surface area contributed by atoms with E-state index in [0.29, 0.717) is 5.69 Å². The smallest absolute Gasteiger partial charge is 0.306 e. The maximum absolute atomic E-state index is 11.8. The predicted molar refractivity (Wildman–Crippen MR) is 95.5 cm³/mol. The first kappa shape index (κ1) is 20.2. The number of amides is 2. The highest BCUT2D eigenvalue weighted by Crippen LogP contribution is 2.20. The summed E-state index contributed by atoms with van der Waals surface area (Å²) in [7, 11) is 0. The number of hydrogen-bond acceptors (Lipinski definition) is 4. The van der Waals surface area contributed by atoms with E-state index in [9.17, 15) is 14.4 Å². The van der Waals surface area contributed by atoms with Crippen LogP contribution in [0.15, 0.2) is 22.7 Å². The summed E-state index contributed by atoms with van der Waals surface area (Å²) in [5, 5.41) is 5.12. The largest absolute Gasteiger partial charge is 0.456 e. The first-order chi connectivity index (χ1) is 11.1. The van der Waals surface area contributed by atoms with E-state index in [2.05, 4.69) is 26.6 Å². The van der Waals surface area contributed by atoms with E-state index in [-0.39, 0.29) is 30.9 Å². The van der Waals surface area contributed by atoms with E-state index in [0.717, 1.165) is 10.0 Å². The molecule has 0 heterocycles. The molecule has 0 aromatic heterocycles. The standard InChI is InChI=1S/C17H23BrN2O4/c1-11-7-12(18)5-6-13(11)20-14(21)9-19-15(22)10-24-16(23)8-17(2,3)4/h5-7H,8-10H2,1-4H3,(H,19,22)(H,20,21). The molecule has 0 spiro atoms. The number of benzene rings is 1. The third-order valence-corrected chi connectivity index (χ3v) is 3.44. The summed E-state index contributed by atoms with van der Waals surface area (Å²) in [5.41, 5.74) is 1.38. The third kappa shape index (κ3) is 8.10. The second-order valence-corrected chi connectivity index (χ2v) is 7.60. The van der Waals surface area contributed by atoms with Gasteiger partial charge in [0.2, 0.25) is 5.91 Å². The van der Waals surface area contributed by atoms with E-state index in [4.69, 9.17) is 4.74 Å². The lowest BCUT2D eigenvalue weighted by Crippen LogP contribution is -2.35. The lowest BCUT2D eigenvalue weighted by atomic mass is 9.93. The topological polar surface area (TPSA) is 84.5 Å². The number of carbonyl (C=O) groups excluding carboxylic acids is 3. The maximum atomic E-state index is 11.8. The van der Waals surface area contributed by atoms with Crippen molar-refractivity contribution in [2.75, 3.05) is 18.5 Å². The molecule has 1 aromatic carbocycles. The van der Waals surface area contributed by atoms with Crippen LogP contribution in [0.4, 0.5) is 5.69 Å². The van der Waals surface area contributed by atoms with E-state index in [1.807, 2.05) is 39.8 Å². The Morgan fingerprint density at radius 3 is 2.42 bits per heavy atom. The molecule has 2 amide bonds. The van der Waals surface area contributed by atoms with Gasteiger partial charge in [0, 0.05) is 10.2 Å². The van der Waals surface area contributed by atoms with Crippen LogP contribution >= 0.6 is 15.9 Å². The van der Waals surface area contributed by atoms with Crippen LogP contribution in [0.25, 0.3) is 0 Å². The van der Waals surface area contributed by atoms with Crippen molar-refractivity contribution in [2.45, 2.75) is 34.1 Å². The molecule has 0 atom stereocenters. The van der Waals surface area contributed by atoms with Crippen LogP contribution in [-0.4, -0.2) is 30.9 Å². The molecule has 2 N–H and O–H groups in total. The molecule has 6 nitrogen and oxygen atoms in total. The van der Waals surface area contributed by atoms with Crippen molar-refractivity contribution in [3.63, 3.8) is 0 Å². The summed E-state index contributed by atoms with van der Waals surface area (Å²) in [6, 6.07) is 5.46. The van der Waals surface area contributed by atoms with Gasteiger partial charge in [0.05, 0.1) is 13.0 Å². The molecular weight excluding hydrogens is 376 g/mol. The highest BCUT2D eigenvalue weighted by molar-refractivity contribution is 9.10. The number of esters is 1. The van der Waals surface area contributed by atoms with Crippen LogP contribution < -0.4 is 10.6 Å².